The number of rotatable bonds is 2. The molecule has 2 nitrogen and oxygen atoms in total. The van der Waals surface area contributed by atoms with Crippen molar-refractivity contribution in [1.29, 1.82) is 0 Å². The molecule has 0 fully saturated rings. The van der Waals surface area contributed by atoms with Gasteiger partial charge >= 0.3 is 0 Å². The lowest BCUT2D eigenvalue weighted by Gasteiger charge is -2.10. The topological polar surface area (TPSA) is 26.3 Å². The maximum absolute atomic E-state index is 12.7. The minimum Gasteiger partial charge on any atom is -0.482 e. The van der Waals surface area contributed by atoms with Crippen LogP contribution in [0.1, 0.15) is 15.9 Å². The predicted molar refractivity (Wildman–Crippen MR) is 80.7 cm³/mol. The fourth-order valence-corrected chi connectivity index (χ4v) is 3.61. The normalized spacial score (nSPS) is 16.9. The van der Waals surface area contributed by atoms with Gasteiger partial charge in [0.05, 0.1) is 0 Å². The van der Waals surface area contributed by atoms with Crippen LogP contribution in [0.5, 0.6) is 5.75 Å². The summed E-state index contributed by atoms with van der Waals surface area (Å²) in [5.74, 6) is 0.915. The number of hydrogen-bond acceptors (Lipinski definition) is 3. The number of para-hydroxylation sites is 1. The van der Waals surface area contributed by atoms with Crippen molar-refractivity contribution in [3.05, 3.63) is 65.0 Å². The summed E-state index contributed by atoms with van der Waals surface area (Å²) in [6, 6.07) is 15.8. The van der Waals surface area contributed by atoms with Gasteiger partial charge in [0.2, 0.25) is 5.78 Å². The summed E-state index contributed by atoms with van der Waals surface area (Å²) in [6.45, 7) is 0. The van der Waals surface area contributed by atoms with Crippen molar-refractivity contribution in [3.8, 4) is 5.75 Å². The summed E-state index contributed by atoms with van der Waals surface area (Å²) in [7, 11) is 0. The van der Waals surface area contributed by atoms with Crippen LogP contribution < -0.4 is 4.74 Å². The first-order chi connectivity index (χ1) is 9.83. The van der Waals surface area contributed by atoms with Gasteiger partial charge in [-0.25, -0.2) is 0 Å². The number of Topliss-reactive ketones (excluding diaryl/α,β-unsaturated/α-hetero) is 1. The third-order valence-corrected chi connectivity index (χ3v) is 4.65. The van der Waals surface area contributed by atoms with Crippen LogP contribution in [-0.4, -0.2) is 11.9 Å². The van der Waals surface area contributed by atoms with Gasteiger partial charge in [0.15, 0.2) is 6.10 Å². The summed E-state index contributed by atoms with van der Waals surface area (Å²) < 4.78 is 6.86. The van der Waals surface area contributed by atoms with Gasteiger partial charge in [0, 0.05) is 16.7 Å². The molecule has 0 amide bonds. The predicted octanol–water partition coefficient (Wildman–Crippen LogP) is 4.09. The van der Waals surface area contributed by atoms with E-state index in [4.69, 9.17) is 4.74 Å². The van der Waals surface area contributed by atoms with Crippen molar-refractivity contribution in [1.82, 2.24) is 0 Å². The molecule has 2 aromatic carbocycles. The molecule has 2 heterocycles. The number of thiophene rings is 1. The van der Waals surface area contributed by atoms with Gasteiger partial charge in [-0.15, -0.1) is 11.3 Å². The van der Waals surface area contributed by atoms with E-state index in [0.29, 0.717) is 6.42 Å². The maximum Gasteiger partial charge on any atom is 0.205 e. The SMILES string of the molecule is O=C(c1cccc2ccsc12)C1Cc2ccccc2O1. The highest BCUT2D eigenvalue weighted by Crippen LogP contribution is 2.32. The van der Waals surface area contributed by atoms with Crippen molar-refractivity contribution in [2.75, 3.05) is 0 Å². The summed E-state index contributed by atoms with van der Waals surface area (Å²) >= 11 is 1.61. The van der Waals surface area contributed by atoms with Gasteiger partial charge in [-0.2, -0.15) is 0 Å². The highest BCUT2D eigenvalue weighted by atomic mass is 32.1. The standard InChI is InChI=1S/C17H12O2S/c18-16(13-6-3-5-11-8-9-20-17(11)13)15-10-12-4-1-2-7-14(12)19-15/h1-9,15H,10H2. The van der Waals surface area contributed by atoms with Crippen LogP contribution in [0.4, 0.5) is 0 Å². The molecule has 1 atom stereocenters. The molecule has 1 aliphatic rings. The van der Waals surface area contributed by atoms with Gasteiger partial charge in [-0.3, -0.25) is 4.79 Å². The van der Waals surface area contributed by atoms with E-state index in [1.807, 2.05) is 53.9 Å². The highest BCUT2D eigenvalue weighted by Gasteiger charge is 2.30. The van der Waals surface area contributed by atoms with Crippen molar-refractivity contribution in [3.63, 3.8) is 0 Å². The fraction of sp³-hybridized carbons (Fsp3) is 0.118. The second-order valence-corrected chi connectivity index (χ2v) is 5.84. The van der Waals surface area contributed by atoms with Crippen molar-refractivity contribution in [2.24, 2.45) is 0 Å². The molecular weight excluding hydrogens is 268 g/mol. The zero-order valence-electron chi connectivity index (χ0n) is 10.7. The van der Waals surface area contributed by atoms with Crippen molar-refractivity contribution < 1.29 is 9.53 Å². The first kappa shape index (κ1) is 11.7. The van der Waals surface area contributed by atoms with Crippen LogP contribution >= 0.6 is 11.3 Å². The van der Waals surface area contributed by atoms with E-state index in [9.17, 15) is 4.79 Å². The number of ether oxygens (including phenoxy) is 1. The lowest BCUT2D eigenvalue weighted by atomic mass is 10.0. The van der Waals surface area contributed by atoms with E-state index in [2.05, 4.69) is 0 Å². The zero-order chi connectivity index (χ0) is 13.5. The summed E-state index contributed by atoms with van der Waals surface area (Å²) in [4.78, 5) is 12.7. The molecule has 1 unspecified atom stereocenters. The molecule has 98 valence electrons. The smallest absolute Gasteiger partial charge is 0.205 e. The Kier molecular flexibility index (Phi) is 2.60. The summed E-state index contributed by atoms with van der Waals surface area (Å²) in [5.41, 5.74) is 1.89. The van der Waals surface area contributed by atoms with Crippen LogP contribution in [0.3, 0.4) is 0 Å². The molecule has 4 rings (SSSR count). The number of carbonyl (C=O) groups is 1. The maximum atomic E-state index is 12.7. The Bertz CT molecular complexity index is 778. The lowest BCUT2D eigenvalue weighted by Crippen LogP contribution is -2.25. The van der Waals surface area contributed by atoms with Gasteiger partial charge < -0.3 is 4.74 Å². The molecule has 0 aliphatic carbocycles. The van der Waals surface area contributed by atoms with E-state index < -0.39 is 0 Å². The van der Waals surface area contributed by atoms with Crippen LogP contribution in [0.25, 0.3) is 10.1 Å². The fourth-order valence-electron chi connectivity index (χ4n) is 2.69. The molecule has 3 heteroatoms. The monoisotopic (exact) mass is 280 g/mol. The van der Waals surface area contributed by atoms with E-state index in [1.165, 1.54) is 0 Å². The van der Waals surface area contributed by atoms with Crippen molar-refractivity contribution in [2.45, 2.75) is 12.5 Å². The molecule has 0 saturated heterocycles. The molecule has 1 aliphatic heterocycles. The number of fused-ring (bicyclic) bond motifs is 2. The molecule has 0 spiro atoms. The number of benzene rings is 2. The van der Waals surface area contributed by atoms with Gasteiger partial charge in [0.25, 0.3) is 0 Å². The Morgan fingerprint density at radius 3 is 2.90 bits per heavy atom. The molecule has 0 bridgehead atoms. The molecule has 0 saturated carbocycles. The highest BCUT2D eigenvalue weighted by molar-refractivity contribution is 7.17. The average molecular weight is 280 g/mol. The molecule has 20 heavy (non-hydrogen) atoms. The first-order valence-corrected chi connectivity index (χ1v) is 7.46. The molecule has 0 N–H and O–H groups in total. The molecule has 1 aromatic heterocycles. The second-order valence-electron chi connectivity index (χ2n) is 4.93. The van der Waals surface area contributed by atoms with Crippen LogP contribution in [0.15, 0.2) is 53.9 Å². The summed E-state index contributed by atoms with van der Waals surface area (Å²) in [5, 5.41) is 3.14. The Balaban J connectivity index is 1.71. The third kappa shape index (κ3) is 1.74. The quantitative estimate of drug-likeness (QED) is 0.661. The van der Waals surface area contributed by atoms with Gasteiger partial charge in [-0.1, -0.05) is 30.3 Å². The average Bonchev–Trinajstić information content (AvgIpc) is 3.12. The van der Waals surface area contributed by atoms with E-state index in [-0.39, 0.29) is 11.9 Å². The Morgan fingerprint density at radius 1 is 1.10 bits per heavy atom. The second kappa shape index (κ2) is 4.46. The number of ketones is 1. The van der Waals surface area contributed by atoms with Crippen LogP contribution in [0.2, 0.25) is 0 Å². The van der Waals surface area contributed by atoms with Gasteiger partial charge in [-0.05, 0) is 34.5 Å². The largest absolute Gasteiger partial charge is 0.482 e. The number of hydrogen-bond donors (Lipinski definition) is 0. The Hall–Kier alpha value is -2.13. The Labute approximate surface area is 120 Å². The van der Waals surface area contributed by atoms with E-state index in [1.54, 1.807) is 11.3 Å². The molecule has 3 aromatic rings. The van der Waals surface area contributed by atoms with Crippen molar-refractivity contribution >= 4 is 27.2 Å². The first-order valence-electron chi connectivity index (χ1n) is 6.58. The van der Waals surface area contributed by atoms with Gasteiger partial charge in [0.1, 0.15) is 5.75 Å². The molecule has 0 radical (unpaired) electrons. The van der Waals surface area contributed by atoms with E-state index >= 15 is 0 Å². The minimum absolute atomic E-state index is 0.0780. The minimum atomic E-state index is -0.389. The lowest BCUT2D eigenvalue weighted by molar-refractivity contribution is 0.0826. The van der Waals surface area contributed by atoms with Crippen LogP contribution in [-0.2, 0) is 6.42 Å². The van der Waals surface area contributed by atoms with E-state index in [0.717, 1.165) is 27.0 Å². The third-order valence-electron chi connectivity index (χ3n) is 3.68. The van der Waals surface area contributed by atoms with Crippen LogP contribution in [0, 0.1) is 0 Å². The Morgan fingerprint density at radius 2 is 2.00 bits per heavy atom. The zero-order valence-corrected chi connectivity index (χ0v) is 11.5. The number of carbonyl (C=O) groups excluding carboxylic acids is 1. The summed E-state index contributed by atoms with van der Waals surface area (Å²) in [6.07, 6.45) is 0.275. The molecular formula is C17H12O2S.